The Balaban J connectivity index is 1.58. The summed E-state index contributed by atoms with van der Waals surface area (Å²) in [6, 6.07) is 7.06. The van der Waals surface area contributed by atoms with Crippen molar-refractivity contribution in [1.82, 2.24) is 15.2 Å². The predicted molar refractivity (Wildman–Crippen MR) is 108 cm³/mol. The summed E-state index contributed by atoms with van der Waals surface area (Å²) in [6.07, 6.45) is 3.26. The first-order chi connectivity index (χ1) is 13.1. The predicted octanol–water partition coefficient (Wildman–Crippen LogP) is 3.89. The number of amides is 2. The van der Waals surface area contributed by atoms with Crippen molar-refractivity contribution in [3.05, 3.63) is 50.9 Å². The molecule has 2 aromatic rings. The van der Waals surface area contributed by atoms with Gasteiger partial charge in [-0.25, -0.2) is 4.98 Å². The first kappa shape index (κ1) is 19.8. The van der Waals surface area contributed by atoms with Gasteiger partial charge in [0.2, 0.25) is 5.91 Å². The minimum atomic E-state index is 0.0513. The lowest BCUT2D eigenvalue weighted by molar-refractivity contribution is -0.120. The molecule has 2 heterocycles. The Morgan fingerprint density at radius 3 is 2.85 bits per heavy atom. The maximum atomic E-state index is 12.8. The summed E-state index contributed by atoms with van der Waals surface area (Å²) < 4.78 is 0. The lowest BCUT2D eigenvalue weighted by atomic mass is 9.98. The van der Waals surface area contributed by atoms with Gasteiger partial charge in [0, 0.05) is 54.4 Å². The van der Waals surface area contributed by atoms with Crippen molar-refractivity contribution in [1.29, 1.82) is 0 Å². The van der Waals surface area contributed by atoms with Crippen LogP contribution in [0.25, 0.3) is 0 Å². The van der Waals surface area contributed by atoms with Crippen molar-refractivity contribution in [3.8, 4) is 0 Å². The molecule has 144 valence electrons. The quantitative estimate of drug-likeness (QED) is 0.793. The van der Waals surface area contributed by atoms with E-state index in [1.807, 2.05) is 11.8 Å². The molecule has 0 spiro atoms. The Bertz CT molecular complexity index is 791. The van der Waals surface area contributed by atoms with Crippen molar-refractivity contribution in [2.24, 2.45) is 0 Å². The Kier molecular flexibility index (Phi) is 6.85. The van der Waals surface area contributed by atoms with Crippen molar-refractivity contribution in [2.75, 3.05) is 19.6 Å². The van der Waals surface area contributed by atoms with Crippen LogP contribution >= 0.6 is 22.9 Å². The zero-order valence-electron chi connectivity index (χ0n) is 15.4. The van der Waals surface area contributed by atoms with Gasteiger partial charge in [-0.05, 0) is 37.1 Å². The van der Waals surface area contributed by atoms with E-state index in [0.717, 1.165) is 36.5 Å². The van der Waals surface area contributed by atoms with E-state index in [4.69, 9.17) is 16.6 Å². The third-order valence-corrected chi connectivity index (χ3v) is 6.05. The molecule has 0 bridgehead atoms. The van der Waals surface area contributed by atoms with Crippen LogP contribution in [0.15, 0.2) is 29.6 Å². The summed E-state index contributed by atoms with van der Waals surface area (Å²) in [6.45, 7) is 3.93. The monoisotopic (exact) mass is 405 g/mol. The van der Waals surface area contributed by atoms with Gasteiger partial charge in [-0.3, -0.25) is 9.59 Å². The molecule has 5 nitrogen and oxygen atoms in total. The van der Waals surface area contributed by atoms with Gasteiger partial charge in [0.05, 0.1) is 10.7 Å². The number of likely N-dealkylation sites (tertiary alicyclic amines) is 1. The van der Waals surface area contributed by atoms with Gasteiger partial charge < -0.3 is 10.2 Å². The SMILES string of the molecule is CCC(=O)NCCc1csc([C@@H]2CCCN(C(=O)c3ccc(Cl)cc3)C2)n1. The zero-order chi connectivity index (χ0) is 19.2. The average molecular weight is 406 g/mol. The molecule has 3 rings (SSSR count). The van der Waals surface area contributed by atoms with E-state index >= 15 is 0 Å². The molecule has 0 radical (unpaired) electrons. The fraction of sp³-hybridized carbons (Fsp3) is 0.450. The van der Waals surface area contributed by atoms with E-state index in [-0.39, 0.29) is 17.7 Å². The highest BCUT2D eigenvalue weighted by Crippen LogP contribution is 2.30. The summed E-state index contributed by atoms with van der Waals surface area (Å²) in [5.41, 5.74) is 1.68. The molecule has 27 heavy (non-hydrogen) atoms. The standard InChI is InChI=1S/C20H24ClN3O2S/c1-2-18(25)22-10-9-17-13-27-19(23-17)15-4-3-11-24(12-15)20(26)14-5-7-16(21)8-6-14/h5-8,13,15H,2-4,9-12H2,1H3,(H,22,25)/t15-/m1/s1. The Morgan fingerprint density at radius 2 is 2.11 bits per heavy atom. The minimum absolute atomic E-state index is 0.0513. The second kappa shape index (κ2) is 9.33. The molecule has 1 atom stereocenters. The van der Waals surface area contributed by atoms with Crippen molar-refractivity contribution in [2.45, 2.75) is 38.5 Å². The van der Waals surface area contributed by atoms with Gasteiger partial charge in [0.1, 0.15) is 0 Å². The van der Waals surface area contributed by atoms with E-state index in [2.05, 4.69) is 10.7 Å². The van der Waals surface area contributed by atoms with Crippen LogP contribution in [0.3, 0.4) is 0 Å². The number of aromatic nitrogens is 1. The maximum absolute atomic E-state index is 12.8. The number of hydrogen-bond acceptors (Lipinski definition) is 4. The molecule has 2 amide bonds. The number of nitrogens with zero attached hydrogens (tertiary/aromatic N) is 2. The molecule has 1 saturated heterocycles. The number of benzene rings is 1. The maximum Gasteiger partial charge on any atom is 0.253 e. The third kappa shape index (κ3) is 5.30. The molecule has 0 saturated carbocycles. The second-order valence-electron chi connectivity index (χ2n) is 6.73. The average Bonchev–Trinajstić information content (AvgIpc) is 3.17. The van der Waals surface area contributed by atoms with E-state index in [0.29, 0.717) is 30.1 Å². The Labute approximate surface area is 168 Å². The number of thiazole rings is 1. The third-order valence-electron chi connectivity index (χ3n) is 4.74. The van der Waals surface area contributed by atoms with Crippen LogP contribution in [0.2, 0.25) is 5.02 Å². The summed E-state index contributed by atoms with van der Waals surface area (Å²) in [7, 11) is 0. The lowest BCUT2D eigenvalue weighted by Gasteiger charge is -2.32. The first-order valence-electron chi connectivity index (χ1n) is 9.32. The lowest BCUT2D eigenvalue weighted by Crippen LogP contribution is -2.39. The van der Waals surface area contributed by atoms with Crippen LogP contribution in [0.5, 0.6) is 0 Å². The first-order valence-corrected chi connectivity index (χ1v) is 10.6. The largest absolute Gasteiger partial charge is 0.356 e. The Morgan fingerprint density at radius 1 is 1.33 bits per heavy atom. The number of halogens is 1. The van der Waals surface area contributed by atoms with E-state index < -0.39 is 0 Å². The fourth-order valence-electron chi connectivity index (χ4n) is 3.22. The normalized spacial score (nSPS) is 17.0. The molecule has 1 aliphatic rings. The van der Waals surface area contributed by atoms with Gasteiger partial charge in [-0.15, -0.1) is 11.3 Å². The molecule has 1 fully saturated rings. The van der Waals surface area contributed by atoms with E-state index in [1.54, 1.807) is 35.6 Å². The van der Waals surface area contributed by atoms with E-state index in [1.165, 1.54) is 0 Å². The van der Waals surface area contributed by atoms with Crippen LogP contribution in [0.4, 0.5) is 0 Å². The molecule has 1 aromatic carbocycles. The summed E-state index contributed by atoms with van der Waals surface area (Å²) in [5, 5.41) is 6.66. The molecule has 1 aliphatic heterocycles. The highest BCUT2D eigenvalue weighted by atomic mass is 35.5. The molecule has 0 aliphatic carbocycles. The van der Waals surface area contributed by atoms with Crippen molar-refractivity contribution < 1.29 is 9.59 Å². The molecule has 7 heteroatoms. The van der Waals surface area contributed by atoms with Gasteiger partial charge >= 0.3 is 0 Å². The fourth-order valence-corrected chi connectivity index (χ4v) is 4.33. The highest BCUT2D eigenvalue weighted by molar-refractivity contribution is 7.09. The minimum Gasteiger partial charge on any atom is -0.356 e. The van der Waals surface area contributed by atoms with Crippen molar-refractivity contribution >= 4 is 34.8 Å². The van der Waals surface area contributed by atoms with Gasteiger partial charge in [0.25, 0.3) is 5.91 Å². The number of rotatable bonds is 6. The number of hydrogen-bond donors (Lipinski definition) is 1. The van der Waals surface area contributed by atoms with Crippen LogP contribution in [-0.2, 0) is 11.2 Å². The summed E-state index contributed by atoms with van der Waals surface area (Å²) in [4.78, 5) is 30.7. The molecule has 1 N–H and O–H groups in total. The van der Waals surface area contributed by atoms with Crippen LogP contribution in [0.1, 0.15) is 53.2 Å². The van der Waals surface area contributed by atoms with Crippen LogP contribution in [-0.4, -0.2) is 41.3 Å². The van der Waals surface area contributed by atoms with Gasteiger partial charge in [-0.2, -0.15) is 0 Å². The van der Waals surface area contributed by atoms with Crippen LogP contribution < -0.4 is 5.32 Å². The molecular formula is C20H24ClN3O2S. The topological polar surface area (TPSA) is 62.3 Å². The number of piperidine rings is 1. The van der Waals surface area contributed by atoms with E-state index in [9.17, 15) is 9.59 Å². The highest BCUT2D eigenvalue weighted by Gasteiger charge is 2.27. The van der Waals surface area contributed by atoms with Gasteiger partial charge in [0.15, 0.2) is 0 Å². The number of nitrogens with one attached hydrogen (secondary N) is 1. The Hall–Kier alpha value is -1.92. The smallest absolute Gasteiger partial charge is 0.253 e. The van der Waals surface area contributed by atoms with Crippen LogP contribution in [0, 0.1) is 0 Å². The van der Waals surface area contributed by atoms with Gasteiger partial charge in [-0.1, -0.05) is 18.5 Å². The molecular weight excluding hydrogens is 382 g/mol. The number of carbonyl (C=O) groups is 2. The second-order valence-corrected chi connectivity index (χ2v) is 8.05. The summed E-state index contributed by atoms with van der Waals surface area (Å²) >= 11 is 7.57. The molecule has 1 aromatic heterocycles. The van der Waals surface area contributed by atoms with Crippen molar-refractivity contribution in [3.63, 3.8) is 0 Å². The number of carbonyl (C=O) groups excluding carboxylic acids is 2. The summed E-state index contributed by atoms with van der Waals surface area (Å²) in [5.74, 6) is 0.392. The molecule has 0 unspecified atom stereocenters. The zero-order valence-corrected chi connectivity index (χ0v) is 17.0.